The van der Waals surface area contributed by atoms with E-state index >= 15 is 0 Å². The summed E-state index contributed by atoms with van der Waals surface area (Å²) in [5, 5.41) is 15.4. The molecule has 3 aromatic carbocycles. The summed E-state index contributed by atoms with van der Waals surface area (Å²) in [7, 11) is -0.870. The Kier molecular flexibility index (Phi) is 9.71. The molecule has 4 rings (SSSR count). The average molecular weight is 597 g/mol. The highest BCUT2D eigenvalue weighted by atomic mass is 32.2. The van der Waals surface area contributed by atoms with Gasteiger partial charge in [0.25, 0.3) is 5.91 Å². The van der Waals surface area contributed by atoms with Crippen LogP contribution in [0.4, 0.5) is 16.2 Å². The zero-order chi connectivity index (χ0) is 30.4. The van der Waals surface area contributed by atoms with E-state index < -0.39 is 28.2 Å². The van der Waals surface area contributed by atoms with Crippen LogP contribution in [0.5, 0.6) is 11.5 Å². The SMILES string of the molecule is COc1ccc(S(=O)(=O)N(C)C[C@H]2Oc3ccc(NC(=O)Nc4ccccc4)cc3C(=O)N([C@@H](C)CO)C[C@H]2C)cc1. The molecule has 0 saturated carbocycles. The first-order chi connectivity index (χ1) is 20.0. The number of ether oxygens (including phenoxy) is 2. The number of rotatable bonds is 9. The lowest BCUT2D eigenvalue weighted by Gasteiger charge is -2.38. The van der Waals surface area contributed by atoms with Gasteiger partial charge in [0, 0.05) is 30.9 Å². The van der Waals surface area contributed by atoms with E-state index in [-0.39, 0.29) is 47.7 Å². The second-order valence-corrected chi connectivity index (χ2v) is 12.3. The molecule has 12 heteroatoms. The first-order valence-corrected chi connectivity index (χ1v) is 14.9. The van der Waals surface area contributed by atoms with Crippen LogP contribution in [0.2, 0.25) is 0 Å². The molecule has 0 unspecified atom stereocenters. The first-order valence-electron chi connectivity index (χ1n) is 13.5. The minimum Gasteiger partial charge on any atom is -0.497 e. The Balaban J connectivity index is 1.61. The van der Waals surface area contributed by atoms with E-state index in [1.54, 1.807) is 60.4 Å². The van der Waals surface area contributed by atoms with Crippen molar-refractivity contribution in [3.63, 3.8) is 0 Å². The molecule has 11 nitrogen and oxygen atoms in total. The molecule has 3 aromatic rings. The van der Waals surface area contributed by atoms with Crippen molar-refractivity contribution in [2.24, 2.45) is 5.92 Å². The fourth-order valence-electron chi connectivity index (χ4n) is 4.61. The van der Waals surface area contributed by atoms with Crippen LogP contribution in [0.1, 0.15) is 24.2 Å². The van der Waals surface area contributed by atoms with E-state index in [1.807, 2.05) is 13.0 Å². The summed E-state index contributed by atoms with van der Waals surface area (Å²) in [6.45, 7) is 3.56. The highest BCUT2D eigenvalue weighted by molar-refractivity contribution is 7.89. The van der Waals surface area contributed by atoms with Crippen LogP contribution >= 0.6 is 0 Å². The maximum Gasteiger partial charge on any atom is 0.323 e. The van der Waals surface area contributed by atoms with Crippen LogP contribution < -0.4 is 20.1 Å². The Hall–Kier alpha value is -4.13. The second-order valence-electron chi connectivity index (χ2n) is 10.2. The Morgan fingerprint density at radius 1 is 1.10 bits per heavy atom. The van der Waals surface area contributed by atoms with Gasteiger partial charge in [-0.15, -0.1) is 0 Å². The number of para-hydroxylation sites is 1. The number of anilines is 2. The van der Waals surface area contributed by atoms with Gasteiger partial charge in [-0.25, -0.2) is 13.2 Å². The van der Waals surface area contributed by atoms with Gasteiger partial charge in [-0.1, -0.05) is 25.1 Å². The summed E-state index contributed by atoms with van der Waals surface area (Å²) < 4.78 is 39.4. The quantitative estimate of drug-likeness (QED) is 0.341. The number of aliphatic hydroxyl groups excluding tert-OH is 1. The van der Waals surface area contributed by atoms with E-state index in [1.165, 1.54) is 36.7 Å². The van der Waals surface area contributed by atoms with E-state index in [4.69, 9.17) is 9.47 Å². The minimum absolute atomic E-state index is 0.00396. The molecule has 0 aliphatic carbocycles. The zero-order valence-electron chi connectivity index (χ0n) is 24.0. The van der Waals surface area contributed by atoms with Gasteiger partial charge < -0.3 is 30.1 Å². The number of benzene rings is 3. The Labute approximate surface area is 246 Å². The van der Waals surface area contributed by atoms with Crippen LogP contribution in [0.25, 0.3) is 0 Å². The maximum atomic E-state index is 13.7. The van der Waals surface area contributed by atoms with Crippen LogP contribution in [-0.4, -0.2) is 80.7 Å². The number of nitrogens with one attached hydrogen (secondary N) is 2. The van der Waals surface area contributed by atoms with Gasteiger partial charge in [0.05, 0.1) is 36.8 Å². The molecule has 224 valence electrons. The molecule has 1 aliphatic heterocycles. The van der Waals surface area contributed by atoms with Crippen molar-refractivity contribution in [2.75, 3.05) is 44.5 Å². The largest absolute Gasteiger partial charge is 0.497 e. The van der Waals surface area contributed by atoms with Crippen molar-refractivity contribution in [3.05, 3.63) is 78.4 Å². The van der Waals surface area contributed by atoms with Crippen molar-refractivity contribution < 1.29 is 32.6 Å². The Morgan fingerprint density at radius 2 is 1.76 bits per heavy atom. The Morgan fingerprint density at radius 3 is 2.40 bits per heavy atom. The summed E-state index contributed by atoms with van der Waals surface area (Å²) in [6.07, 6.45) is -0.636. The molecular weight excluding hydrogens is 560 g/mol. The molecular formula is C30H36N4O7S. The summed E-state index contributed by atoms with van der Waals surface area (Å²) in [5.41, 5.74) is 1.15. The van der Waals surface area contributed by atoms with Gasteiger partial charge in [-0.05, 0) is 61.5 Å². The molecule has 0 bridgehead atoms. The summed E-state index contributed by atoms with van der Waals surface area (Å²) in [4.78, 5) is 27.9. The zero-order valence-corrected chi connectivity index (χ0v) is 24.8. The average Bonchev–Trinajstić information content (AvgIpc) is 2.99. The third kappa shape index (κ3) is 7.01. The smallest absolute Gasteiger partial charge is 0.323 e. The van der Waals surface area contributed by atoms with Gasteiger partial charge in [0.1, 0.15) is 17.6 Å². The molecule has 1 aliphatic rings. The predicted molar refractivity (Wildman–Crippen MR) is 159 cm³/mol. The van der Waals surface area contributed by atoms with Crippen LogP contribution in [0.3, 0.4) is 0 Å². The van der Waals surface area contributed by atoms with Crippen LogP contribution in [0.15, 0.2) is 77.7 Å². The summed E-state index contributed by atoms with van der Waals surface area (Å²) >= 11 is 0. The third-order valence-corrected chi connectivity index (χ3v) is 9.00. The number of methoxy groups -OCH3 is 1. The van der Waals surface area contributed by atoms with Crippen molar-refractivity contribution in [1.82, 2.24) is 9.21 Å². The monoisotopic (exact) mass is 596 g/mol. The highest BCUT2D eigenvalue weighted by Gasteiger charge is 2.35. The molecule has 3 amide bonds. The van der Waals surface area contributed by atoms with Crippen molar-refractivity contribution in [2.45, 2.75) is 30.9 Å². The van der Waals surface area contributed by atoms with E-state index in [2.05, 4.69) is 10.6 Å². The summed E-state index contributed by atoms with van der Waals surface area (Å²) in [5.74, 6) is 0.123. The number of carbonyl (C=O) groups excluding carboxylic acids is 2. The molecule has 0 aromatic heterocycles. The second kappa shape index (κ2) is 13.2. The lowest BCUT2D eigenvalue weighted by molar-refractivity contribution is 0.0387. The Bertz CT molecular complexity index is 1500. The van der Waals surface area contributed by atoms with Crippen molar-refractivity contribution >= 4 is 33.3 Å². The maximum absolute atomic E-state index is 13.7. The summed E-state index contributed by atoms with van der Waals surface area (Å²) in [6, 6.07) is 18.8. The predicted octanol–water partition coefficient (Wildman–Crippen LogP) is 3.88. The number of urea groups is 1. The molecule has 0 radical (unpaired) electrons. The molecule has 0 fully saturated rings. The minimum atomic E-state index is -3.85. The number of fused-ring (bicyclic) bond motifs is 1. The third-order valence-electron chi connectivity index (χ3n) is 7.16. The topological polar surface area (TPSA) is 138 Å². The molecule has 1 heterocycles. The number of amides is 3. The molecule has 0 spiro atoms. The van der Waals surface area contributed by atoms with E-state index in [9.17, 15) is 23.1 Å². The number of hydrogen-bond donors (Lipinski definition) is 3. The standard InChI is InChI=1S/C30H36N4O7S/c1-20-17-34(21(2)19-35)29(36)26-16-23(32-30(37)31-22-8-6-5-7-9-22)10-15-27(26)41-28(20)18-33(3)42(38,39)25-13-11-24(40-4)12-14-25/h5-16,20-21,28,35H,17-19H2,1-4H3,(H2,31,32,37)/t20-,21+,28-/m1/s1. The van der Waals surface area contributed by atoms with Crippen molar-refractivity contribution in [1.29, 1.82) is 0 Å². The number of hydrogen-bond acceptors (Lipinski definition) is 7. The van der Waals surface area contributed by atoms with Crippen LogP contribution in [0, 0.1) is 5.92 Å². The lowest BCUT2D eigenvalue weighted by Crippen LogP contribution is -2.50. The molecule has 42 heavy (non-hydrogen) atoms. The fraction of sp³-hybridized carbons (Fsp3) is 0.333. The van der Waals surface area contributed by atoms with Gasteiger partial charge >= 0.3 is 6.03 Å². The number of likely N-dealkylation sites (N-methyl/N-ethyl adjacent to an activating group) is 1. The van der Waals surface area contributed by atoms with Crippen LogP contribution in [-0.2, 0) is 10.0 Å². The van der Waals surface area contributed by atoms with Crippen molar-refractivity contribution in [3.8, 4) is 11.5 Å². The number of carbonyl (C=O) groups is 2. The molecule has 3 N–H and O–H groups in total. The van der Waals surface area contributed by atoms with E-state index in [0.29, 0.717) is 17.1 Å². The number of sulfonamides is 1. The normalized spacial score (nSPS) is 17.9. The molecule has 3 atom stereocenters. The van der Waals surface area contributed by atoms with Gasteiger partial charge in [-0.2, -0.15) is 4.31 Å². The van der Waals surface area contributed by atoms with Gasteiger partial charge in [-0.3, -0.25) is 4.79 Å². The first kappa shape index (κ1) is 30.8. The molecule has 0 saturated heterocycles. The number of aliphatic hydroxyl groups is 1. The lowest BCUT2D eigenvalue weighted by atomic mass is 9.99. The fourth-order valence-corrected chi connectivity index (χ4v) is 5.80. The number of nitrogens with zero attached hydrogens (tertiary/aromatic N) is 2. The van der Waals surface area contributed by atoms with Gasteiger partial charge in [0.2, 0.25) is 10.0 Å². The van der Waals surface area contributed by atoms with Gasteiger partial charge in [0.15, 0.2) is 0 Å². The van der Waals surface area contributed by atoms with E-state index in [0.717, 1.165) is 0 Å². The highest BCUT2D eigenvalue weighted by Crippen LogP contribution is 2.31.